The number of hydrogen-bond donors (Lipinski definition) is 1. The number of thiophene rings is 1. The Labute approximate surface area is 564 Å². The van der Waals surface area contributed by atoms with Gasteiger partial charge in [-0.15, -0.1) is 66.4 Å². The van der Waals surface area contributed by atoms with Crippen molar-refractivity contribution in [2.45, 2.75) is 110 Å². The summed E-state index contributed by atoms with van der Waals surface area (Å²) in [5.74, 6) is 6.43. The summed E-state index contributed by atoms with van der Waals surface area (Å²) in [5.41, 5.74) is 7.87. The first-order valence-electron chi connectivity index (χ1n) is 21.6. The quantitative estimate of drug-likeness (QED) is 0.0779. The number of nitrogens with zero attached hydrogens (tertiary/aromatic N) is 5. The third kappa shape index (κ3) is 66.6. The molecular formula is C60H87Ir7N8S-9. The molecule has 0 bridgehead atoms. The maximum absolute atomic E-state index is 6.43. The second-order valence-electron chi connectivity index (χ2n) is 11.8. The molecule has 8 nitrogen and oxygen atoms in total. The Kier molecular flexibility index (Phi) is 130. The van der Waals surface area contributed by atoms with E-state index in [0.29, 0.717) is 0 Å². The van der Waals surface area contributed by atoms with Crippen molar-refractivity contribution in [2.75, 3.05) is 6.54 Å². The van der Waals surface area contributed by atoms with Crippen LogP contribution in [0, 0.1) is 45.2 Å². The van der Waals surface area contributed by atoms with Gasteiger partial charge in [-0.05, 0) is 48.3 Å². The summed E-state index contributed by atoms with van der Waals surface area (Å²) in [4.78, 5) is 21.4. The Bertz CT molecular complexity index is 1900. The molecule has 0 aliphatic heterocycles. The largest absolute Gasteiger partial charge is 0.693 e. The van der Waals surface area contributed by atoms with Crippen LogP contribution in [0.5, 0.6) is 0 Å². The van der Waals surface area contributed by atoms with Gasteiger partial charge in [-0.2, -0.15) is 25.0 Å². The smallest absolute Gasteiger partial charge is 0.0160 e. The molecule has 7 rings (SSSR count). The Morgan fingerprint density at radius 2 is 0.961 bits per heavy atom. The van der Waals surface area contributed by atoms with Gasteiger partial charge < -0.3 is 56.2 Å². The summed E-state index contributed by atoms with van der Waals surface area (Å²) >= 11 is 1.66. The van der Waals surface area contributed by atoms with E-state index < -0.39 is 0 Å². The van der Waals surface area contributed by atoms with Gasteiger partial charge in [-0.1, -0.05) is 154 Å². The number of benzene rings is 1. The van der Waals surface area contributed by atoms with Crippen molar-refractivity contribution < 1.29 is 141 Å². The topological polar surface area (TPSA) is 134 Å². The standard InChI is InChI=1S/C11H8N.C9H6NS.C8H8N.2C7H6N.C6H13.C4H10N2.2C2H6.4CH4.7Ir.H2N/c1-2-6-10(7-3-1)11-8-4-5-9-12-11;1-2-6-10-8(4-1)9-5-3-7-11-9;1-2-5-8-6-3-4-7-9-8;2*1-2-7-5-3-4-6-8-7;1-3-5-6-4-2;1-2-3-4-6-5;2*1-2;;;;;;;;;;;;/h1-6,8-9H;1-4,6-7H;3-7H,1H3;2*1-6H;1,3-6H2,2H3;5-6H,1-4H2;2*1-2H3;4*1H4;;;;;;;;1H2/q6*-1;-2;;;;;;;;;;;;;;-1. The number of hydrogen-bond acceptors (Lipinski definition) is 7. The van der Waals surface area contributed by atoms with Crippen LogP contribution in [-0.2, 0) is 141 Å². The van der Waals surface area contributed by atoms with Gasteiger partial charge in [-0.3, -0.25) is 19.2 Å². The molecule has 0 fully saturated rings. The van der Waals surface area contributed by atoms with Gasteiger partial charge in [0.1, 0.15) is 0 Å². The van der Waals surface area contributed by atoms with Crippen LogP contribution in [0.2, 0.25) is 0 Å². The van der Waals surface area contributed by atoms with Gasteiger partial charge in [0.25, 0.3) is 0 Å². The molecule has 0 spiro atoms. The van der Waals surface area contributed by atoms with Gasteiger partial charge in [0.2, 0.25) is 0 Å². The van der Waals surface area contributed by atoms with Crippen molar-refractivity contribution in [3.05, 3.63) is 232 Å². The third-order valence-electron chi connectivity index (χ3n) is 7.12. The zero-order valence-electron chi connectivity index (χ0n) is 41.8. The third-order valence-corrected chi connectivity index (χ3v) is 7.95. The number of nitrogens with two attached hydrogens (primary N) is 1. The fraction of sp³-hybridized carbons (Fsp3) is 0.283. The van der Waals surface area contributed by atoms with Crippen molar-refractivity contribution in [2.24, 2.45) is 0 Å². The first kappa shape index (κ1) is 110. The van der Waals surface area contributed by atoms with Crippen LogP contribution >= 0.6 is 11.3 Å². The summed E-state index contributed by atoms with van der Waals surface area (Å²) < 4.78 is 0. The van der Waals surface area contributed by atoms with E-state index in [1.165, 1.54) is 31.4 Å². The van der Waals surface area contributed by atoms with E-state index in [-0.39, 0.29) is 177 Å². The van der Waals surface area contributed by atoms with Crippen LogP contribution in [0.15, 0.2) is 158 Å². The molecule has 16 heteroatoms. The Morgan fingerprint density at radius 3 is 1.22 bits per heavy atom. The maximum atomic E-state index is 6.43. The molecular weight excluding hydrogens is 2210 g/mol. The van der Waals surface area contributed by atoms with Gasteiger partial charge in [-0.25, -0.2) is 29.6 Å². The molecule has 4 N–H and O–H groups in total. The van der Waals surface area contributed by atoms with Crippen molar-refractivity contribution in [3.8, 4) is 21.8 Å². The summed E-state index contributed by atoms with van der Waals surface area (Å²) in [7, 11) is 0. The fourth-order valence-electron chi connectivity index (χ4n) is 4.15. The SMILES string of the molecule is C.C.C.C.CC.CC.C[C-]=Cc1ccccn1.[CH-]=Cc1ccccn1.[CH-]=Cc1ccccn1.[CH2-]CCCCC.[CH2-]CCCN[NH-].[Ir].[Ir].[Ir].[Ir].[Ir].[Ir].[Ir].[NH2-].[c-]1ccccc1-c1ccccn1.[c-]1ccsc1-c1ccccn1. The first-order valence-corrected chi connectivity index (χ1v) is 22.5. The van der Waals surface area contributed by atoms with E-state index in [1.807, 2.05) is 167 Å². The van der Waals surface area contributed by atoms with Gasteiger partial charge in [0.05, 0.1) is 0 Å². The Morgan fingerprint density at radius 1 is 0.553 bits per heavy atom. The number of nitrogens with one attached hydrogen (secondary N) is 2. The van der Waals surface area contributed by atoms with Crippen molar-refractivity contribution >= 4 is 29.6 Å². The van der Waals surface area contributed by atoms with E-state index in [0.717, 1.165) is 64.7 Å². The minimum absolute atomic E-state index is 0. The molecule has 6 aromatic heterocycles. The predicted octanol–water partition coefficient (Wildman–Crippen LogP) is 19.0. The molecule has 76 heavy (non-hydrogen) atoms. The maximum Gasteiger partial charge on any atom is 0.0160 e. The molecule has 445 valence electrons. The molecule has 0 atom stereocenters. The van der Waals surface area contributed by atoms with E-state index in [9.17, 15) is 0 Å². The summed E-state index contributed by atoms with van der Waals surface area (Å²) in [6.07, 6.45) is 23.5. The van der Waals surface area contributed by atoms with Crippen LogP contribution < -0.4 is 5.43 Å². The number of pyridine rings is 5. The summed E-state index contributed by atoms with van der Waals surface area (Å²) in [6.45, 7) is 30.5. The average molecular weight is 2300 g/mol. The van der Waals surface area contributed by atoms with E-state index in [1.54, 1.807) is 42.3 Å². The minimum Gasteiger partial charge on any atom is -0.693 e. The number of aromatic nitrogens is 5. The molecule has 0 saturated carbocycles. The van der Waals surface area contributed by atoms with Crippen LogP contribution in [0.3, 0.4) is 0 Å². The van der Waals surface area contributed by atoms with E-state index in [2.05, 4.69) is 69.3 Å². The summed E-state index contributed by atoms with van der Waals surface area (Å²) in [6, 6.07) is 44.7. The Hall–Kier alpha value is -1.68. The van der Waals surface area contributed by atoms with Gasteiger partial charge in [0, 0.05) is 172 Å². The van der Waals surface area contributed by atoms with Gasteiger partial charge in [0.15, 0.2) is 0 Å². The monoisotopic (exact) mass is 2300 g/mol. The van der Waals surface area contributed by atoms with Crippen molar-refractivity contribution in [1.82, 2.24) is 30.3 Å². The molecule has 6 heterocycles. The molecule has 1 aromatic carbocycles. The molecule has 0 aliphatic rings. The normalized spacial score (nSPS) is 7.54. The molecule has 0 saturated heterocycles. The molecule has 0 aliphatic carbocycles. The zero-order valence-corrected chi connectivity index (χ0v) is 59.4. The average Bonchev–Trinajstić information content (AvgIpc) is 3.95. The second-order valence-corrected chi connectivity index (χ2v) is 12.7. The number of allylic oxidation sites excluding steroid dienone is 1. The fourth-order valence-corrected chi connectivity index (χ4v) is 4.80. The van der Waals surface area contributed by atoms with Gasteiger partial charge >= 0.3 is 0 Å². The van der Waals surface area contributed by atoms with Crippen LogP contribution in [0.1, 0.15) is 127 Å². The zero-order chi connectivity index (χ0) is 47.6. The summed E-state index contributed by atoms with van der Waals surface area (Å²) in [5, 5.41) is 2.00. The van der Waals surface area contributed by atoms with Crippen molar-refractivity contribution in [1.29, 1.82) is 0 Å². The second kappa shape index (κ2) is 89.9. The van der Waals surface area contributed by atoms with Crippen LogP contribution in [0.4, 0.5) is 0 Å². The Balaban J connectivity index is -0.0000000479. The first-order chi connectivity index (χ1) is 31.6. The van der Waals surface area contributed by atoms with Crippen LogP contribution in [0.25, 0.3) is 52.0 Å². The number of rotatable bonds is 11. The predicted molar refractivity (Wildman–Crippen MR) is 310 cm³/mol. The van der Waals surface area contributed by atoms with E-state index in [4.69, 9.17) is 19.0 Å². The minimum atomic E-state index is 0. The number of unbranched alkanes of at least 4 members (excludes halogenated alkanes) is 4. The molecule has 0 amide bonds. The molecule has 7 aromatic rings. The molecule has 7 radical (unpaired) electrons. The molecule has 0 unspecified atom stereocenters. The van der Waals surface area contributed by atoms with Crippen LogP contribution in [-0.4, -0.2) is 31.5 Å². The van der Waals surface area contributed by atoms with Crippen molar-refractivity contribution in [3.63, 3.8) is 0 Å². The van der Waals surface area contributed by atoms with E-state index >= 15 is 0 Å².